The number of carboxylic acid groups (broad SMARTS) is 1. The average Bonchev–Trinajstić information content (AvgIpc) is 2.29. The van der Waals surface area contributed by atoms with E-state index in [-0.39, 0.29) is 22.4 Å². The molecule has 1 fully saturated rings. The predicted octanol–water partition coefficient (Wildman–Crippen LogP) is 1.26. The third kappa shape index (κ3) is 3.04. The van der Waals surface area contributed by atoms with Gasteiger partial charge in [0.05, 0.1) is 22.0 Å². The second kappa shape index (κ2) is 5.16. The van der Waals surface area contributed by atoms with E-state index < -0.39 is 11.5 Å². The molecule has 0 unspecified atom stereocenters. The molecule has 2 rings (SSSR count). The highest BCUT2D eigenvalue weighted by Gasteiger charge is 2.40. The molecular formula is C12H13BrN2O4. The topological polar surface area (TPSA) is 99.3 Å². The first-order valence-electron chi connectivity index (χ1n) is 5.84. The highest BCUT2D eigenvalue weighted by atomic mass is 79.9. The van der Waals surface area contributed by atoms with Crippen molar-refractivity contribution in [3.63, 3.8) is 0 Å². The van der Waals surface area contributed by atoms with Crippen LogP contribution in [0.25, 0.3) is 0 Å². The van der Waals surface area contributed by atoms with Crippen LogP contribution in [-0.4, -0.2) is 27.5 Å². The van der Waals surface area contributed by atoms with E-state index in [0.717, 1.165) is 6.42 Å². The van der Waals surface area contributed by atoms with Gasteiger partial charge < -0.3 is 15.4 Å². The molecule has 0 aromatic carbocycles. The van der Waals surface area contributed by atoms with Gasteiger partial charge in [0, 0.05) is 6.20 Å². The van der Waals surface area contributed by atoms with Crippen molar-refractivity contribution in [1.29, 1.82) is 0 Å². The van der Waals surface area contributed by atoms with E-state index in [2.05, 4.69) is 26.2 Å². The summed E-state index contributed by atoms with van der Waals surface area (Å²) in [6, 6.07) is 1.42. The number of carboxylic acids is 1. The molecule has 0 atom stereocenters. The minimum Gasteiger partial charge on any atom is -0.481 e. The Bertz CT molecular complexity index is 577. The molecule has 1 aliphatic rings. The molecule has 0 bridgehead atoms. The van der Waals surface area contributed by atoms with Gasteiger partial charge in [-0.05, 0) is 41.3 Å². The van der Waals surface area contributed by atoms with E-state index >= 15 is 0 Å². The van der Waals surface area contributed by atoms with Gasteiger partial charge >= 0.3 is 5.97 Å². The van der Waals surface area contributed by atoms with E-state index in [1.54, 1.807) is 0 Å². The third-order valence-corrected chi connectivity index (χ3v) is 3.89. The van der Waals surface area contributed by atoms with Crippen LogP contribution in [0.4, 0.5) is 0 Å². The first kappa shape index (κ1) is 13.8. The van der Waals surface area contributed by atoms with E-state index in [4.69, 9.17) is 5.11 Å². The number of H-pyrrole nitrogens is 1. The number of halogens is 1. The van der Waals surface area contributed by atoms with Crippen molar-refractivity contribution in [2.24, 2.45) is 0 Å². The van der Waals surface area contributed by atoms with Crippen molar-refractivity contribution in [1.82, 2.24) is 10.3 Å². The number of pyridine rings is 1. The average molecular weight is 329 g/mol. The number of hydrogen-bond donors (Lipinski definition) is 3. The van der Waals surface area contributed by atoms with Gasteiger partial charge in [-0.15, -0.1) is 0 Å². The summed E-state index contributed by atoms with van der Waals surface area (Å²) in [7, 11) is 0. The van der Waals surface area contributed by atoms with Crippen molar-refractivity contribution < 1.29 is 14.7 Å². The van der Waals surface area contributed by atoms with Crippen molar-refractivity contribution in [3.05, 3.63) is 32.7 Å². The molecule has 7 heteroatoms. The maximum atomic E-state index is 12.1. The second-order valence-electron chi connectivity index (χ2n) is 4.72. The summed E-state index contributed by atoms with van der Waals surface area (Å²) in [5.41, 5.74) is -0.672. The van der Waals surface area contributed by atoms with E-state index in [1.165, 1.54) is 12.3 Å². The minimum absolute atomic E-state index is 0.0801. The van der Waals surface area contributed by atoms with Crippen LogP contribution in [0.15, 0.2) is 21.5 Å². The zero-order valence-electron chi connectivity index (χ0n) is 10.0. The largest absolute Gasteiger partial charge is 0.481 e. The lowest BCUT2D eigenvalue weighted by atomic mass is 9.74. The highest BCUT2D eigenvalue weighted by Crippen LogP contribution is 2.35. The Kier molecular flexibility index (Phi) is 3.75. The Hall–Kier alpha value is -1.63. The van der Waals surface area contributed by atoms with Crippen LogP contribution >= 0.6 is 15.9 Å². The quantitative estimate of drug-likeness (QED) is 0.774. The van der Waals surface area contributed by atoms with Crippen molar-refractivity contribution >= 4 is 27.8 Å². The first-order chi connectivity index (χ1) is 8.92. The van der Waals surface area contributed by atoms with E-state index in [9.17, 15) is 14.4 Å². The number of aromatic nitrogens is 1. The fraction of sp³-hybridized carbons (Fsp3) is 0.417. The fourth-order valence-corrected chi connectivity index (χ4v) is 2.50. The van der Waals surface area contributed by atoms with Gasteiger partial charge in [-0.2, -0.15) is 0 Å². The molecule has 19 heavy (non-hydrogen) atoms. The zero-order valence-corrected chi connectivity index (χ0v) is 11.6. The Labute approximate surface area is 117 Å². The number of amides is 1. The molecule has 0 aliphatic heterocycles. The fourth-order valence-electron chi connectivity index (χ4n) is 2.14. The van der Waals surface area contributed by atoms with Crippen LogP contribution in [0.1, 0.15) is 36.0 Å². The number of nitrogens with one attached hydrogen (secondary N) is 2. The van der Waals surface area contributed by atoms with Gasteiger partial charge in [0.25, 0.3) is 11.5 Å². The molecule has 6 nitrogen and oxygen atoms in total. The number of aromatic amines is 1. The Morgan fingerprint density at radius 1 is 1.47 bits per heavy atom. The number of hydrogen-bond acceptors (Lipinski definition) is 3. The number of carbonyl (C=O) groups is 2. The highest BCUT2D eigenvalue weighted by molar-refractivity contribution is 9.10. The Morgan fingerprint density at radius 3 is 2.63 bits per heavy atom. The summed E-state index contributed by atoms with van der Waals surface area (Å²) in [6.07, 6.45) is 3.47. The predicted molar refractivity (Wildman–Crippen MR) is 71.1 cm³/mol. The molecule has 1 amide bonds. The molecular weight excluding hydrogens is 316 g/mol. The summed E-state index contributed by atoms with van der Waals surface area (Å²) < 4.78 is 0.265. The SMILES string of the molecule is O=C(O)CC1(NC(=O)c2c[nH]c(=O)c(Br)c2)CCC1. The molecule has 1 aromatic heterocycles. The number of aliphatic carboxylic acids is 1. The molecule has 0 saturated heterocycles. The van der Waals surface area contributed by atoms with Crippen molar-refractivity contribution in [2.75, 3.05) is 0 Å². The Balaban J connectivity index is 2.13. The normalized spacial score (nSPS) is 16.5. The Morgan fingerprint density at radius 2 is 2.16 bits per heavy atom. The molecule has 3 N–H and O–H groups in total. The third-order valence-electron chi connectivity index (χ3n) is 3.30. The van der Waals surface area contributed by atoms with Crippen LogP contribution < -0.4 is 10.9 Å². The maximum absolute atomic E-state index is 12.1. The number of rotatable bonds is 4. The van der Waals surface area contributed by atoms with Crippen LogP contribution in [0, 0.1) is 0 Å². The monoisotopic (exact) mass is 328 g/mol. The van der Waals surface area contributed by atoms with Gasteiger partial charge in [0.1, 0.15) is 0 Å². The summed E-state index contributed by atoms with van der Waals surface area (Å²) >= 11 is 3.05. The van der Waals surface area contributed by atoms with Crippen molar-refractivity contribution in [2.45, 2.75) is 31.2 Å². The van der Waals surface area contributed by atoms with E-state index in [0.29, 0.717) is 18.4 Å². The standard InChI is InChI=1S/C12H13BrN2O4/c13-8-4-7(6-14-11(8)19)10(18)15-12(2-1-3-12)5-9(16)17/h4,6H,1-3,5H2,(H,14,19)(H,15,18)(H,16,17). The van der Waals surface area contributed by atoms with Gasteiger partial charge in [-0.1, -0.05) is 0 Å². The minimum atomic E-state index is -0.928. The van der Waals surface area contributed by atoms with Crippen LogP contribution in [-0.2, 0) is 4.79 Å². The lowest BCUT2D eigenvalue weighted by Crippen LogP contribution is -2.54. The summed E-state index contributed by atoms with van der Waals surface area (Å²) in [5.74, 6) is -1.31. The lowest BCUT2D eigenvalue weighted by molar-refractivity contribution is -0.139. The lowest BCUT2D eigenvalue weighted by Gasteiger charge is -2.41. The zero-order chi connectivity index (χ0) is 14.0. The van der Waals surface area contributed by atoms with Crippen LogP contribution in [0.5, 0.6) is 0 Å². The second-order valence-corrected chi connectivity index (χ2v) is 5.58. The van der Waals surface area contributed by atoms with Gasteiger partial charge in [0.2, 0.25) is 0 Å². The maximum Gasteiger partial charge on any atom is 0.305 e. The van der Waals surface area contributed by atoms with Gasteiger partial charge in [-0.25, -0.2) is 0 Å². The molecule has 1 saturated carbocycles. The van der Waals surface area contributed by atoms with Crippen LogP contribution in [0.2, 0.25) is 0 Å². The van der Waals surface area contributed by atoms with Gasteiger partial charge in [-0.3, -0.25) is 14.4 Å². The summed E-state index contributed by atoms with van der Waals surface area (Å²) in [5, 5.41) is 11.6. The molecule has 1 aromatic rings. The van der Waals surface area contributed by atoms with Gasteiger partial charge in [0.15, 0.2) is 0 Å². The van der Waals surface area contributed by atoms with Crippen LogP contribution in [0.3, 0.4) is 0 Å². The number of carbonyl (C=O) groups excluding carboxylic acids is 1. The smallest absolute Gasteiger partial charge is 0.305 e. The molecule has 0 spiro atoms. The summed E-state index contributed by atoms with van der Waals surface area (Å²) in [6.45, 7) is 0. The molecule has 0 radical (unpaired) electrons. The molecule has 102 valence electrons. The van der Waals surface area contributed by atoms with E-state index in [1.807, 2.05) is 0 Å². The molecule has 1 heterocycles. The molecule has 1 aliphatic carbocycles. The summed E-state index contributed by atoms with van der Waals surface area (Å²) in [4.78, 5) is 36.5. The van der Waals surface area contributed by atoms with Crippen molar-refractivity contribution in [3.8, 4) is 0 Å². The first-order valence-corrected chi connectivity index (χ1v) is 6.64.